The van der Waals surface area contributed by atoms with E-state index in [1.165, 1.54) is 0 Å². The Balaban J connectivity index is 2.24. The second-order valence-electron chi connectivity index (χ2n) is 7.70. The SMILES string of the molecule is CCCCOc1cc(/C=C/c2ccc(N=NN(CC)CC)cc2)c(OCCCC)cc1C=O. The third-order valence-corrected chi connectivity index (χ3v) is 5.15. The molecule has 0 saturated heterocycles. The van der Waals surface area contributed by atoms with Crippen LogP contribution in [0.25, 0.3) is 12.2 Å². The Morgan fingerprint density at radius 3 is 1.94 bits per heavy atom. The van der Waals surface area contributed by atoms with E-state index in [2.05, 4.69) is 38.0 Å². The predicted octanol–water partition coefficient (Wildman–Crippen LogP) is 7.37. The number of rotatable bonds is 15. The number of hydrogen-bond donors (Lipinski definition) is 0. The van der Waals surface area contributed by atoms with Crippen LogP contribution in [-0.4, -0.2) is 37.6 Å². The van der Waals surface area contributed by atoms with E-state index in [4.69, 9.17) is 9.47 Å². The van der Waals surface area contributed by atoms with Gasteiger partial charge in [0.2, 0.25) is 0 Å². The molecule has 178 valence electrons. The zero-order valence-electron chi connectivity index (χ0n) is 20.4. The summed E-state index contributed by atoms with van der Waals surface area (Å²) in [5.74, 6) is 1.28. The van der Waals surface area contributed by atoms with Crippen LogP contribution in [0.5, 0.6) is 11.5 Å². The lowest BCUT2D eigenvalue weighted by Crippen LogP contribution is -2.14. The molecule has 0 spiro atoms. The minimum Gasteiger partial charge on any atom is -0.493 e. The molecule has 6 nitrogen and oxygen atoms in total. The third-order valence-electron chi connectivity index (χ3n) is 5.15. The summed E-state index contributed by atoms with van der Waals surface area (Å²) in [5.41, 5.74) is 3.24. The summed E-state index contributed by atoms with van der Waals surface area (Å²) >= 11 is 0. The van der Waals surface area contributed by atoms with Gasteiger partial charge in [-0.05, 0) is 56.5 Å². The topological polar surface area (TPSA) is 63.5 Å². The van der Waals surface area contributed by atoms with E-state index >= 15 is 0 Å². The maximum Gasteiger partial charge on any atom is 0.153 e. The van der Waals surface area contributed by atoms with E-state index in [0.717, 1.165) is 61.9 Å². The number of hydrogen-bond acceptors (Lipinski definition) is 5. The molecule has 0 fully saturated rings. The number of ether oxygens (including phenoxy) is 2. The van der Waals surface area contributed by atoms with Crippen molar-refractivity contribution in [3.63, 3.8) is 0 Å². The van der Waals surface area contributed by atoms with Crippen LogP contribution in [-0.2, 0) is 0 Å². The maximum atomic E-state index is 11.6. The minimum absolute atomic E-state index is 0.512. The highest BCUT2D eigenvalue weighted by Gasteiger charge is 2.11. The molecule has 0 atom stereocenters. The molecule has 0 aliphatic carbocycles. The number of carbonyl (C=O) groups is 1. The number of nitrogens with zero attached hydrogens (tertiary/aromatic N) is 3. The molecule has 0 unspecified atom stereocenters. The zero-order chi connectivity index (χ0) is 23.9. The second kappa shape index (κ2) is 14.8. The van der Waals surface area contributed by atoms with Crippen molar-refractivity contribution in [1.82, 2.24) is 5.01 Å². The van der Waals surface area contributed by atoms with E-state index in [0.29, 0.717) is 30.3 Å². The lowest BCUT2D eigenvalue weighted by atomic mass is 10.1. The zero-order valence-corrected chi connectivity index (χ0v) is 20.4. The van der Waals surface area contributed by atoms with Crippen molar-refractivity contribution in [2.75, 3.05) is 26.3 Å². The van der Waals surface area contributed by atoms with E-state index in [9.17, 15) is 4.79 Å². The molecule has 0 N–H and O–H groups in total. The third kappa shape index (κ3) is 8.72. The quantitative estimate of drug-likeness (QED) is 0.0932. The van der Waals surface area contributed by atoms with Crippen molar-refractivity contribution in [2.24, 2.45) is 10.3 Å². The molecule has 0 aromatic heterocycles. The van der Waals surface area contributed by atoms with Gasteiger partial charge in [0.25, 0.3) is 0 Å². The minimum atomic E-state index is 0.512. The normalized spacial score (nSPS) is 11.3. The first kappa shape index (κ1) is 26.1. The molecule has 33 heavy (non-hydrogen) atoms. The summed E-state index contributed by atoms with van der Waals surface area (Å²) in [4.78, 5) is 11.6. The summed E-state index contributed by atoms with van der Waals surface area (Å²) in [7, 11) is 0. The van der Waals surface area contributed by atoms with Crippen LogP contribution < -0.4 is 9.47 Å². The van der Waals surface area contributed by atoms with Crippen LogP contribution >= 0.6 is 0 Å². The van der Waals surface area contributed by atoms with Gasteiger partial charge in [-0.3, -0.25) is 9.80 Å². The highest BCUT2D eigenvalue weighted by Crippen LogP contribution is 2.30. The molecule has 0 aliphatic heterocycles. The Kier molecular flexibility index (Phi) is 11.7. The molecule has 0 amide bonds. The van der Waals surface area contributed by atoms with Crippen LogP contribution in [0.2, 0.25) is 0 Å². The number of benzene rings is 2. The van der Waals surface area contributed by atoms with Gasteiger partial charge in [-0.25, -0.2) is 0 Å². The van der Waals surface area contributed by atoms with Crippen molar-refractivity contribution in [1.29, 1.82) is 0 Å². The molecule has 0 bridgehead atoms. The van der Waals surface area contributed by atoms with Gasteiger partial charge in [-0.1, -0.05) is 56.2 Å². The van der Waals surface area contributed by atoms with Crippen LogP contribution in [0.3, 0.4) is 0 Å². The van der Waals surface area contributed by atoms with Gasteiger partial charge in [0.05, 0.1) is 24.5 Å². The lowest BCUT2D eigenvalue weighted by Gasteiger charge is -2.14. The average molecular weight is 452 g/mol. The summed E-state index contributed by atoms with van der Waals surface area (Å²) in [6.07, 6.45) is 8.81. The van der Waals surface area contributed by atoms with Gasteiger partial charge < -0.3 is 9.47 Å². The second-order valence-corrected chi connectivity index (χ2v) is 7.70. The van der Waals surface area contributed by atoms with Gasteiger partial charge in [-0.2, -0.15) is 0 Å². The Hall–Kier alpha value is -3.15. The highest BCUT2D eigenvalue weighted by molar-refractivity contribution is 5.83. The van der Waals surface area contributed by atoms with E-state index in [1.807, 2.05) is 47.5 Å². The molecule has 2 rings (SSSR count). The molecule has 0 saturated carbocycles. The first-order valence-electron chi connectivity index (χ1n) is 12.0. The number of carbonyl (C=O) groups excluding carboxylic acids is 1. The van der Waals surface area contributed by atoms with Gasteiger partial charge in [-0.15, -0.1) is 5.11 Å². The van der Waals surface area contributed by atoms with E-state index in [1.54, 1.807) is 6.07 Å². The smallest absolute Gasteiger partial charge is 0.153 e. The molecule has 0 aliphatic rings. The summed E-state index contributed by atoms with van der Waals surface area (Å²) in [5, 5.41) is 10.4. The first-order valence-corrected chi connectivity index (χ1v) is 12.0. The standard InChI is InChI=1S/C27H37N3O3/c1-5-9-17-32-26-20-24(21-31)27(33-18-10-6-2)19-23(26)14-11-22-12-15-25(16-13-22)28-29-30(7-3)8-4/h11-16,19-21H,5-10,17-18H2,1-4H3/b14-11+,29-28?. The molecule has 2 aromatic rings. The Morgan fingerprint density at radius 1 is 0.818 bits per heavy atom. The fourth-order valence-corrected chi connectivity index (χ4v) is 3.02. The molecule has 6 heteroatoms. The molecular weight excluding hydrogens is 414 g/mol. The van der Waals surface area contributed by atoms with Gasteiger partial charge >= 0.3 is 0 Å². The van der Waals surface area contributed by atoms with Crippen LogP contribution in [0.15, 0.2) is 46.7 Å². The number of aldehydes is 1. The van der Waals surface area contributed by atoms with Gasteiger partial charge in [0.15, 0.2) is 6.29 Å². The van der Waals surface area contributed by atoms with Gasteiger partial charge in [0.1, 0.15) is 11.5 Å². The molecule has 0 heterocycles. The van der Waals surface area contributed by atoms with Crippen molar-refractivity contribution in [3.05, 3.63) is 53.1 Å². The summed E-state index contributed by atoms with van der Waals surface area (Å²) in [6.45, 7) is 11.2. The Morgan fingerprint density at radius 2 is 1.39 bits per heavy atom. The van der Waals surface area contributed by atoms with E-state index in [-0.39, 0.29) is 0 Å². The molecule has 0 radical (unpaired) electrons. The lowest BCUT2D eigenvalue weighted by molar-refractivity contribution is 0.111. The van der Waals surface area contributed by atoms with Crippen molar-refractivity contribution < 1.29 is 14.3 Å². The Bertz CT molecular complexity index is 904. The Labute approximate surface area is 198 Å². The van der Waals surface area contributed by atoms with Crippen molar-refractivity contribution in [2.45, 2.75) is 53.4 Å². The largest absolute Gasteiger partial charge is 0.493 e. The maximum absolute atomic E-state index is 11.6. The van der Waals surface area contributed by atoms with Crippen molar-refractivity contribution >= 4 is 24.1 Å². The fourth-order valence-electron chi connectivity index (χ4n) is 3.02. The molecular formula is C27H37N3O3. The van der Waals surface area contributed by atoms with E-state index < -0.39 is 0 Å². The van der Waals surface area contributed by atoms with Crippen LogP contribution in [0, 0.1) is 0 Å². The van der Waals surface area contributed by atoms with Gasteiger partial charge in [0, 0.05) is 18.7 Å². The van der Waals surface area contributed by atoms with Crippen LogP contribution in [0.1, 0.15) is 74.9 Å². The average Bonchev–Trinajstić information content (AvgIpc) is 2.85. The highest BCUT2D eigenvalue weighted by atomic mass is 16.5. The monoisotopic (exact) mass is 451 g/mol. The number of unbranched alkanes of at least 4 members (excludes halogenated alkanes) is 2. The van der Waals surface area contributed by atoms with Crippen LogP contribution in [0.4, 0.5) is 5.69 Å². The predicted molar refractivity (Wildman–Crippen MR) is 135 cm³/mol. The van der Waals surface area contributed by atoms with Crippen molar-refractivity contribution in [3.8, 4) is 11.5 Å². The summed E-state index contributed by atoms with van der Waals surface area (Å²) in [6, 6.07) is 11.6. The molecule has 2 aromatic carbocycles. The summed E-state index contributed by atoms with van der Waals surface area (Å²) < 4.78 is 11.9. The first-order chi connectivity index (χ1) is 16.1. The fraction of sp³-hybridized carbons (Fsp3) is 0.444.